The zero-order chi connectivity index (χ0) is 20.8. The van der Waals surface area contributed by atoms with Crippen molar-refractivity contribution in [2.24, 2.45) is 0 Å². The lowest BCUT2D eigenvalue weighted by molar-refractivity contribution is -0.117. The second kappa shape index (κ2) is 6.73. The smallest absolute Gasteiger partial charge is 0.296 e. The number of hydrogen-bond donors (Lipinski definition) is 2. The summed E-state index contributed by atoms with van der Waals surface area (Å²) in [7, 11) is 0. The van der Waals surface area contributed by atoms with Crippen molar-refractivity contribution in [1.82, 2.24) is 9.97 Å². The maximum absolute atomic E-state index is 13.1. The zero-order valence-corrected chi connectivity index (χ0v) is 16.0. The minimum absolute atomic E-state index is 0.0437. The summed E-state index contributed by atoms with van der Waals surface area (Å²) < 4.78 is 5.23. The molecule has 2 N–H and O–H groups in total. The van der Waals surface area contributed by atoms with E-state index in [0.717, 1.165) is 11.1 Å². The quantitative estimate of drug-likeness (QED) is 0.500. The first-order valence-corrected chi connectivity index (χ1v) is 9.41. The summed E-state index contributed by atoms with van der Waals surface area (Å²) in [6.07, 6.45) is 1.37. The third kappa shape index (κ3) is 2.71. The van der Waals surface area contributed by atoms with Crippen LogP contribution in [0.15, 0.2) is 82.7 Å². The maximum Gasteiger partial charge on any atom is 0.296 e. The number of nitrogens with zero attached hydrogens (tertiary/aromatic N) is 2. The van der Waals surface area contributed by atoms with E-state index in [1.165, 1.54) is 17.2 Å². The number of aliphatic hydroxyl groups excluding tert-OH is 1. The Morgan fingerprint density at radius 1 is 1.13 bits per heavy atom. The SMILES string of the molecule is Cc1ccc2nc(N3C(=O)C(O)=C(C(=O)c4ccco4)C3c3ccccc3)[nH]c2c1. The zero-order valence-electron chi connectivity index (χ0n) is 16.0. The first kappa shape index (κ1) is 17.9. The molecule has 1 aliphatic rings. The molecule has 0 spiro atoms. The highest BCUT2D eigenvalue weighted by Gasteiger charge is 2.46. The van der Waals surface area contributed by atoms with E-state index in [2.05, 4.69) is 9.97 Å². The maximum atomic E-state index is 13.1. The molecular formula is C23H17N3O4. The Labute approximate surface area is 171 Å². The molecule has 3 heterocycles. The monoisotopic (exact) mass is 399 g/mol. The van der Waals surface area contributed by atoms with Crippen molar-refractivity contribution in [3.8, 4) is 0 Å². The summed E-state index contributed by atoms with van der Waals surface area (Å²) >= 11 is 0. The van der Waals surface area contributed by atoms with Crippen LogP contribution in [-0.2, 0) is 4.79 Å². The number of nitrogens with one attached hydrogen (secondary N) is 1. The lowest BCUT2D eigenvalue weighted by Gasteiger charge is -2.24. The van der Waals surface area contributed by atoms with Crippen molar-refractivity contribution in [1.29, 1.82) is 0 Å². The van der Waals surface area contributed by atoms with E-state index in [1.807, 2.05) is 43.3 Å². The van der Waals surface area contributed by atoms with Crippen LogP contribution in [0, 0.1) is 6.92 Å². The number of amides is 1. The van der Waals surface area contributed by atoms with E-state index < -0.39 is 23.5 Å². The Morgan fingerprint density at radius 3 is 2.67 bits per heavy atom. The minimum Gasteiger partial charge on any atom is -0.503 e. The fourth-order valence-corrected chi connectivity index (χ4v) is 3.77. The van der Waals surface area contributed by atoms with Gasteiger partial charge in [-0.2, -0.15) is 0 Å². The van der Waals surface area contributed by atoms with Gasteiger partial charge in [-0.05, 0) is 42.3 Å². The van der Waals surface area contributed by atoms with E-state index in [-0.39, 0.29) is 17.3 Å². The van der Waals surface area contributed by atoms with E-state index in [4.69, 9.17) is 4.42 Å². The van der Waals surface area contributed by atoms with Gasteiger partial charge in [0.05, 0.1) is 28.9 Å². The van der Waals surface area contributed by atoms with Gasteiger partial charge < -0.3 is 14.5 Å². The Kier molecular flexibility index (Phi) is 4.03. The number of carbonyl (C=O) groups excluding carboxylic acids is 2. The van der Waals surface area contributed by atoms with Crippen molar-refractivity contribution in [3.05, 3.63) is 95.1 Å². The second-order valence-electron chi connectivity index (χ2n) is 7.14. The summed E-state index contributed by atoms with van der Waals surface area (Å²) in [5.74, 6) is -1.55. The van der Waals surface area contributed by atoms with Gasteiger partial charge >= 0.3 is 0 Å². The number of carbonyl (C=O) groups is 2. The number of aromatic amines is 1. The average Bonchev–Trinajstić information content (AvgIpc) is 3.47. The molecule has 0 bridgehead atoms. The number of imidazole rings is 1. The number of aromatic nitrogens is 2. The number of Topliss-reactive ketones (excluding diaryl/α,β-unsaturated/α-hetero) is 1. The van der Waals surface area contributed by atoms with Gasteiger partial charge in [0.1, 0.15) is 0 Å². The Hall–Kier alpha value is -4.13. The summed E-state index contributed by atoms with van der Waals surface area (Å²) in [6, 6.07) is 17.0. The summed E-state index contributed by atoms with van der Waals surface area (Å²) in [5, 5.41) is 10.7. The number of H-pyrrole nitrogens is 1. The molecule has 30 heavy (non-hydrogen) atoms. The number of benzene rings is 2. The first-order chi connectivity index (χ1) is 14.5. The third-order valence-electron chi connectivity index (χ3n) is 5.17. The van der Waals surface area contributed by atoms with Crippen LogP contribution in [-0.4, -0.2) is 26.8 Å². The molecule has 0 fully saturated rings. The standard InChI is InChI=1S/C23H17N3O4/c1-13-9-10-15-16(12-13)25-23(24-15)26-19(14-6-3-2-4-7-14)18(21(28)22(26)29)20(27)17-8-5-11-30-17/h2-12,19,28H,1H3,(H,24,25). The Bertz CT molecular complexity index is 1300. The fourth-order valence-electron chi connectivity index (χ4n) is 3.77. The number of anilines is 1. The Morgan fingerprint density at radius 2 is 1.93 bits per heavy atom. The second-order valence-corrected chi connectivity index (χ2v) is 7.14. The lowest BCUT2D eigenvalue weighted by Crippen LogP contribution is -2.31. The molecule has 5 rings (SSSR count). The van der Waals surface area contributed by atoms with Crippen LogP contribution in [0.3, 0.4) is 0 Å². The molecule has 0 radical (unpaired) electrons. The molecule has 1 unspecified atom stereocenters. The molecule has 0 aliphatic carbocycles. The van der Waals surface area contributed by atoms with Gasteiger partial charge in [0.15, 0.2) is 11.5 Å². The number of aliphatic hydroxyl groups is 1. The molecule has 2 aromatic carbocycles. The van der Waals surface area contributed by atoms with Crippen molar-refractivity contribution in [2.45, 2.75) is 13.0 Å². The van der Waals surface area contributed by atoms with Gasteiger partial charge in [-0.3, -0.25) is 14.5 Å². The largest absolute Gasteiger partial charge is 0.503 e. The fraction of sp³-hybridized carbons (Fsp3) is 0.0870. The highest BCUT2D eigenvalue weighted by Crippen LogP contribution is 2.41. The highest BCUT2D eigenvalue weighted by molar-refractivity contribution is 6.19. The topological polar surface area (TPSA) is 99.4 Å². The molecular weight excluding hydrogens is 382 g/mol. The summed E-state index contributed by atoms with van der Waals surface area (Å²) in [6.45, 7) is 1.96. The Balaban J connectivity index is 1.68. The van der Waals surface area contributed by atoms with Gasteiger partial charge in [0.2, 0.25) is 11.7 Å². The molecule has 1 amide bonds. The predicted octanol–water partition coefficient (Wildman–Crippen LogP) is 4.25. The number of ketones is 1. The average molecular weight is 399 g/mol. The van der Waals surface area contributed by atoms with E-state index in [1.54, 1.807) is 18.2 Å². The van der Waals surface area contributed by atoms with Crippen LogP contribution in [0.1, 0.15) is 27.7 Å². The number of hydrogen-bond acceptors (Lipinski definition) is 5. The number of furan rings is 1. The normalized spacial score (nSPS) is 16.6. The van der Waals surface area contributed by atoms with Crippen molar-refractivity contribution < 1.29 is 19.1 Å². The lowest BCUT2D eigenvalue weighted by atomic mass is 9.95. The molecule has 0 saturated heterocycles. The van der Waals surface area contributed by atoms with E-state index in [9.17, 15) is 14.7 Å². The van der Waals surface area contributed by atoms with Crippen LogP contribution in [0.4, 0.5) is 5.95 Å². The van der Waals surface area contributed by atoms with Crippen LogP contribution in [0.25, 0.3) is 11.0 Å². The highest BCUT2D eigenvalue weighted by atomic mass is 16.3. The number of fused-ring (bicyclic) bond motifs is 1. The minimum atomic E-state index is -0.849. The van der Waals surface area contributed by atoms with Crippen molar-refractivity contribution in [2.75, 3.05) is 4.90 Å². The van der Waals surface area contributed by atoms with Gasteiger partial charge in [-0.15, -0.1) is 0 Å². The molecule has 7 heteroatoms. The number of aryl methyl sites for hydroxylation is 1. The van der Waals surface area contributed by atoms with Gasteiger partial charge in [0, 0.05) is 0 Å². The predicted molar refractivity (Wildman–Crippen MR) is 110 cm³/mol. The first-order valence-electron chi connectivity index (χ1n) is 9.41. The van der Waals surface area contributed by atoms with E-state index in [0.29, 0.717) is 11.1 Å². The van der Waals surface area contributed by atoms with Crippen LogP contribution < -0.4 is 4.90 Å². The van der Waals surface area contributed by atoms with Gasteiger partial charge in [-0.25, -0.2) is 4.98 Å². The molecule has 7 nitrogen and oxygen atoms in total. The molecule has 0 saturated carbocycles. The third-order valence-corrected chi connectivity index (χ3v) is 5.17. The number of rotatable bonds is 4. The van der Waals surface area contributed by atoms with E-state index >= 15 is 0 Å². The van der Waals surface area contributed by atoms with Crippen molar-refractivity contribution in [3.63, 3.8) is 0 Å². The van der Waals surface area contributed by atoms with Gasteiger partial charge in [-0.1, -0.05) is 36.4 Å². The summed E-state index contributed by atoms with van der Waals surface area (Å²) in [5.41, 5.74) is 3.11. The summed E-state index contributed by atoms with van der Waals surface area (Å²) in [4.78, 5) is 35.2. The molecule has 148 valence electrons. The van der Waals surface area contributed by atoms with Gasteiger partial charge in [0.25, 0.3) is 5.91 Å². The van der Waals surface area contributed by atoms with Crippen LogP contribution in [0.2, 0.25) is 0 Å². The molecule has 1 atom stereocenters. The molecule has 1 aliphatic heterocycles. The molecule has 4 aromatic rings. The van der Waals surface area contributed by atoms with Crippen LogP contribution in [0.5, 0.6) is 0 Å². The molecule has 2 aromatic heterocycles. The van der Waals surface area contributed by atoms with Crippen molar-refractivity contribution >= 4 is 28.7 Å². The van der Waals surface area contributed by atoms with Crippen LogP contribution >= 0.6 is 0 Å².